The van der Waals surface area contributed by atoms with Crippen LogP contribution >= 0.6 is 68.1 Å². The maximum Gasteiger partial charge on any atom is 0.338 e. The summed E-state index contributed by atoms with van der Waals surface area (Å²) in [5.41, 5.74) is 3.86. The molecule has 0 N–H and O–H groups in total. The maximum atomic E-state index is 14.3. The van der Waals surface area contributed by atoms with Crippen molar-refractivity contribution < 1.29 is 19.0 Å². The molecule has 0 bridgehead atoms. The fourth-order valence-corrected chi connectivity index (χ4v) is 8.48. The van der Waals surface area contributed by atoms with Crippen molar-refractivity contribution in [2.45, 2.75) is 19.6 Å². The molecule has 1 atom stereocenters. The molecule has 0 radical (unpaired) electrons. The summed E-state index contributed by atoms with van der Waals surface area (Å²) >= 11 is 11.8. The van der Waals surface area contributed by atoms with Crippen LogP contribution in [0.2, 0.25) is 5.02 Å². The number of hydrogen-bond acceptors (Lipinski definition) is 7. The van der Waals surface area contributed by atoms with Crippen LogP contribution in [0, 0.1) is 7.14 Å². The number of halogens is 3. The van der Waals surface area contributed by atoms with Gasteiger partial charge >= 0.3 is 5.97 Å². The van der Waals surface area contributed by atoms with Crippen molar-refractivity contribution in [3.8, 4) is 11.5 Å². The Hall–Kier alpha value is -3.46. The standard InChI is InChI=1S/C36H27ClI2N2O5S/c1-3-45-35(43)30-31(23-7-5-4-6-8-23)40-36-41(32(30)24-11-15-26(44-2)16-12-24)34(42)29(47-36)19-22-17-27(38)33(28(39)18-22)46-20-21-9-13-25(37)14-10-21/h4-19,32H,3,20H2,1-2H3/b29-19-/t32-/m0/s1. The highest BCUT2D eigenvalue weighted by Crippen LogP contribution is 2.36. The Morgan fingerprint density at radius 1 is 1.00 bits per heavy atom. The first-order chi connectivity index (χ1) is 22.8. The number of carbonyl (C=O) groups excluding carboxylic acids is 1. The Morgan fingerprint density at radius 2 is 1.68 bits per heavy atom. The van der Waals surface area contributed by atoms with Gasteiger partial charge in [-0.1, -0.05) is 77.5 Å². The van der Waals surface area contributed by atoms with Crippen LogP contribution in [0.3, 0.4) is 0 Å². The Kier molecular flexibility index (Phi) is 10.5. The molecular weight excluding hydrogens is 862 g/mol. The molecule has 1 aliphatic heterocycles. The summed E-state index contributed by atoms with van der Waals surface area (Å²) in [7, 11) is 1.59. The van der Waals surface area contributed by atoms with Crippen molar-refractivity contribution in [2.75, 3.05) is 13.7 Å². The number of esters is 1. The molecule has 1 aliphatic rings. The first kappa shape index (κ1) is 33.4. The number of hydrogen-bond donors (Lipinski definition) is 0. The molecule has 7 nitrogen and oxygen atoms in total. The fraction of sp³-hybridized carbons (Fsp3) is 0.139. The van der Waals surface area contributed by atoms with Crippen LogP contribution in [0.15, 0.2) is 106 Å². The van der Waals surface area contributed by atoms with Gasteiger partial charge in [-0.3, -0.25) is 9.36 Å². The number of nitrogens with zero attached hydrogens (tertiary/aromatic N) is 2. The summed E-state index contributed by atoms with van der Waals surface area (Å²) in [4.78, 5) is 33.3. The predicted octanol–water partition coefficient (Wildman–Crippen LogP) is 7.39. The van der Waals surface area contributed by atoms with Crippen LogP contribution in [0.4, 0.5) is 0 Å². The highest BCUT2D eigenvalue weighted by atomic mass is 127. The SMILES string of the molecule is CCOC(=O)C1=C(c2ccccc2)N=c2s/c(=C\c3cc(I)c(OCc4ccc(Cl)cc4)c(I)c3)c(=O)n2[C@H]1c1ccc(OC)cc1. The van der Waals surface area contributed by atoms with Crippen LogP contribution in [0.5, 0.6) is 11.5 Å². The first-order valence-electron chi connectivity index (χ1n) is 14.6. The van der Waals surface area contributed by atoms with Gasteiger partial charge in [0.2, 0.25) is 0 Å². The number of ether oxygens (including phenoxy) is 3. The normalized spacial score (nSPS) is 14.4. The fourth-order valence-electron chi connectivity index (χ4n) is 5.23. The summed E-state index contributed by atoms with van der Waals surface area (Å²) in [6, 6.07) is 27.6. The maximum absolute atomic E-state index is 14.3. The zero-order chi connectivity index (χ0) is 33.1. The van der Waals surface area contributed by atoms with Crippen LogP contribution < -0.4 is 24.4 Å². The topological polar surface area (TPSA) is 79.1 Å². The second-order valence-electron chi connectivity index (χ2n) is 10.4. The van der Waals surface area contributed by atoms with Gasteiger partial charge in [-0.15, -0.1) is 0 Å². The van der Waals surface area contributed by atoms with Crippen LogP contribution in [-0.4, -0.2) is 24.3 Å². The molecule has 6 rings (SSSR count). The largest absolute Gasteiger partial charge is 0.497 e. The van der Waals surface area contributed by atoms with E-state index in [2.05, 4.69) is 45.2 Å². The molecule has 0 saturated carbocycles. The Balaban J connectivity index is 1.47. The van der Waals surface area contributed by atoms with Gasteiger partial charge in [0.1, 0.15) is 18.1 Å². The molecule has 0 saturated heterocycles. The number of carbonyl (C=O) groups is 1. The average Bonchev–Trinajstić information content (AvgIpc) is 3.38. The van der Waals surface area contributed by atoms with Gasteiger partial charge in [-0.05, 0) is 111 Å². The van der Waals surface area contributed by atoms with E-state index < -0.39 is 12.0 Å². The van der Waals surface area contributed by atoms with E-state index in [9.17, 15) is 9.59 Å². The van der Waals surface area contributed by atoms with E-state index in [0.29, 0.717) is 38.0 Å². The molecule has 0 unspecified atom stereocenters. The monoisotopic (exact) mass is 888 g/mol. The van der Waals surface area contributed by atoms with Gasteiger partial charge in [0.25, 0.3) is 5.56 Å². The molecule has 4 aromatic carbocycles. The van der Waals surface area contributed by atoms with Crippen molar-refractivity contribution in [1.29, 1.82) is 0 Å². The first-order valence-corrected chi connectivity index (χ1v) is 17.9. The van der Waals surface area contributed by atoms with Crippen molar-refractivity contribution >= 4 is 85.9 Å². The second-order valence-corrected chi connectivity index (χ2v) is 14.2. The molecule has 0 fully saturated rings. The lowest BCUT2D eigenvalue weighted by Gasteiger charge is -2.26. The van der Waals surface area contributed by atoms with Gasteiger partial charge in [0, 0.05) is 10.6 Å². The highest BCUT2D eigenvalue weighted by molar-refractivity contribution is 14.1. The third-order valence-electron chi connectivity index (χ3n) is 7.42. The lowest BCUT2D eigenvalue weighted by Crippen LogP contribution is -2.40. The van der Waals surface area contributed by atoms with E-state index in [1.54, 1.807) is 18.6 Å². The van der Waals surface area contributed by atoms with E-state index in [0.717, 1.165) is 35.1 Å². The zero-order valence-electron chi connectivity index (χ0n) is 25.2. The summed E-state index contributed by atoms with van der Waals surface area (Å²) in [5, 5.41) is 0.677. The van der Waals surface area contributed by atoms with Crippen LogP contribution in [0.25, 0.3) is 11.8 Å². The smallest absolute Gasteiger partial charge is 0.338 e. The molecule has 5 aromatic rings. The van der Waals surface area contributed by atoms with Crippen molar-refractivity contribution in [2.24, 2.45) is 4.99 Å². The summed E-state index contributed by atoms with van der Waals surface area (Å²) in [5.74, 6) is 0.908. The molecule has 47 heavy (non-hydrogen) atoms. The number of benzene rings is 4. The number of thiazole rings is 1. The third kappa shape index (κ3) is 7.20. The van der Waals surface area contributed by atoms with E-state index in [-0.39, 0.29) is 12.2 Å². The third-order valence-corrected chi connectivity index (χ3v) is 10.3. The number of aromatic nitrogens is 1. The van der Waals surface area contributed by atoms with E-state index >= 15 is 0 Å². The molecule has 238 valence electrons. The van der Waals surface area contributed by atoms with Gasteiger partial charge in [0.05, 0.1) is 42.7 Å². The zero-order valence-corrected chi connectivity index (χ0v) is 31.1. The summed E-state index contributed by atoms with van der Waals surface area (Å²) in [6.07, 6.45) is 1.86. The predicted molar refractivity (Wildman–Crippen MR) is 202 cm³/mol. The average molecular weight is 889 g/mol. The molecule has 1 aromatic heterocycles. The lowest BCUT2D eigenvalue weighted by molar-refractivity contribution is -0.138. The Morgan fingerprint density at radius 3 is 2.32 bits per heavy atom. The number of rotatable bonds is 9. The summed E-state index contributed by atoms with van der Waals surface area (Å²) in [6.45, 7) is 2.34. The number of methoxy groups -OCH3 is 1. The van der Waals surface area contributed by atoms with Gasteiger partial charge in [-0.25, -0.2) is 9.79 Å². The second kappa shape index (κ2) is 14.8. The van der Waals surface area contributed by atoms with Crippen molar-refractivity contribution in [3.05, 3.63) is 151 Å². The minimum absolute atomic E-state index is 0.181. The molecule has 0 spiro atoms. The molecule has 0 aliphatic carbocycles. The van der Waals surface area contributed by atoms with Crippen molar-refractivity contribution in [3.63, 3.8) is 0 Å². The molecule has 11 heteroatoms. The van der Waals surface area contributed by atoms with Gasteiger partial charge in [0.15, 0.2) is 4.80 Å². The quantitative estimate of drug-likeness (QED) is 0.114. The van der Waals surface area contributed by atoms with E-state index in [1.165, 1.54) is 11.3 Å². The lowest BCUT2D eigenvalue weighted by atomic mass is 9.93. The van der Waals surface area contributed by atoms with E-state index in [1.807, 2.05) is 97.1 Å². The Labute approximate surface area is 307 Å². The van der Waals surface area contributed by atoms with Crippen LogP contribution in [0.1, 0.15) is 35.2 Å². The minimum Gasteiger partial charge on any atom is -0.497 e. The van der Waals surface area contributed by atoms with Gasteiger partial charge < -0.3 is 14.2 Å². The minimum atomic E-state index is -0.766. The molecule has 2 heterocycles. The van der Waals surface area contributed by atoms with Crippen molar-refractivity contribution in [1.82, 2.24) is 4.57 Å². The van der Waals surface area contributed by atoms with E-state index in [4.69, 9.17) is 30.8 Å². The van der Waals surface area contributed by atoms with Crippen LogP contribution in [-0.2, 0) is 16.1 Å². The highest BCUT2D eigenvalue weighted by Gasteiger charge is 2.35. The summed E-state index contributed by atoms with van der Waals surface area (Å²) < 4.78 is 21.0. The van der Waals surface area contributed by atoms with Gasteiger partial charge in [-0.2, -0.15) is 0 Å². The molecule has 0 amide bonds. The Bertz CT molecular complexity index is 2140. The number of fused-ring (bicyclic) bond motifs is 1. The molecular formula is C36H27ClI2N2O5S.